The third-order valence-electron chi connectivity index (χ3n) is 3.67. The number of aromatic hydroxyl groups is 2. The monoisotopic (exact) mass is 295 g/mol. The van der Waals surface area contributed by atoms with Crippen molar-refractivity contribution in [2.75, 3.05) is 19.7 Å². The average molecular weight is 295 g/mol. The number of carbonyl (C=O) groups is 1. The fourth-order valence-corrected chi connectivity index (χ4v) is 2.47. The number of hydrogen-bond donors (Lipinski definition) is 3. The van der Waals surface area contributed by atoms with Crippen LogP contribution in [0.2, 0.25) is 0 Å². The fourth-order valence-electron chi connectivity index (χ4n) is 2.47. The molecule has 116 valence electrons. The lowest BCUT2D eigenvalue weighted by Crippen LogP contribution is -2.36. The molecule has 1 aromatic rings. The van der Waals surface area contributed by atoms with Gasteiger partial charge in [-0.3, -0.25) is 9.69 Å². The van der Waals surface area contributed by atoms with Crippen LogP contribution < -0.4 is 0 Å². The summed E-state index contributed by atoms with van der Waals surface area (Å²) in [6.07, 6.45) is 1.88. The highest BCUT2D eigenvalue weighted by Gasteiger charge is 2.20. The molecule has 1 saturated heterocycles. The quantitative estimate of drug-likeness (QED) is 0.738. The van der Waals surface area contributed by atoms with Gasteiger partial charge < -0.3 is 20.1 Å². The molecule has 1 aliphatic rings. The molecule has 0 bridgehead atoms. The molecule has 2 rings (SSSR count). The van der Waals surface area contributed by atoms with E-state index in [1.165, 1.54) is 6.07 Å². The minimum Gasteiger partial charge on any atom is -0.508 e. The van der Waals surface area contributed by atoms with Gasteiger partial charge in [0.1, 0.15) is 11.5 Å². The zero-order valence-corrected chi connectivity index (χ0v) is 11.9. The van der Waals surface area contributed by atoms with Gasteiger partial charge in [-0.15, -0.1) is 0 Å². The van der Waals surface area contributed by atoms with Crippen molar-refractivity contribution in [3.8, 4) is 11.5 Å². The topological polar surface area (TPSA) is 90.2 Å². The molecule has 0 radical (unpaired) electrons. The molecule has 1 aliphatic heterocycles. The molecular weight excluding hydrogens is 274 g/mol. The molecule has 3 N–H and O–H groups in total. The Morgan fingerprint density at radius 1 is 1.29 bits per heavy atom. The molecule has 21 heavy (non-hydrogen) atoms. The summed E-state index contributed by atoms with van der Waals surface area (Å²) in [5.74, 6) is -0.674. The van der Waals surface area contributed by atoms with Gasteiger partial charge in [-0.25, -0.2) is 0 Å². The van der Waals surface area contributed by atoms with Crippen molar-refractivity contribution in [2.45, 2.75) is 31.9 Å². The molecule has 0 atom stereocenters. The van der Waals surface area contributed by atoms with Crippen molar-refractivity contribution in [3.63, 3.8) is 0 Å². The van der Waals surface area contributed by atoms with Crippen LogP contribution in [0.25, 0.3) is 0 Å². The Morgan fingerprint density at radius 3 is 2.62 bits per heavy atom. The molecule has 0 aromatic heterocycles. The second-order valence-electron chi connectivity index (χ2n) is 5.30. The van der Waals surface area contributed by atoms with Crippen molar-refractivity contribution in [3.05, 3.63) is 23.8 Å². The van der Waals surface area contributed by atoms with E-state index in [1.807, 2.05) is 0 Å². The number of ether oxygens (including phenoxy) is 1. The van der Waals surface area contributed by atoms with Crippen LogP contribution >= 0.6 is 0 Å². The molecule has 6 heteroatoms. The predicted octanol–water partition coefficient (Wildman–Crippen LogP) is 1.55. The normalized spacial score (nSPS) is 17.0. The first-order valence-electron chi connectivity index (χ1n) is 7.11. The predicted molar refractivity (Wildman–Crippen MR) is 76.3 cm³/mol. The number of rotatable bonds is 6. The van der Waals surface area contributed by atoms with Crippen LogP contribution in [0.5, 0.6) is 11.5 Å². The summed E-state index contributed by atoms with van der Waals surface area (Å²) in [7, 11) is 0. The van der Waals surface area contributed by atoms with Gasteiger partial charge in [-0.05, 0) is 18.9 Å². The number of aliphatic carboxylic acids is 1. The highest BCUT2D eigenvalue weighted by molar-refractivity contribution is 5.66. The van der Waals surface area contributed by atoms with E-state index < -0.39 is 5.97 Å². The summed E-state index contributed by atoms with van der Waals surface area (Å²) in [5, 5.41) is 27.6. The van der Waals surface area contributed by atoms with E-state index in [0.29, 0.717) is 6.54 Å². The van der Waals surface area contributed by atoms with Gasteiger partial charge in [0.2, 0.25) is 0 Å². The molecule has 6 nitrogen and oxygen atoms in total. The molecule has 1 heterocycles. The lowest BCUT2D eigenvalue weighted by Gasteiger charge is -2.32. The lowest BCUT2D eigenvalue weighted by molar-refractivity contribution is -0.138. The number of carboxylic acid groups (broad SMARTS) is 1. The van der Waals surface area contributed by atoms with E-state index >= 15 is 0 Å². The maximum atomic E-state index is 10.4. The smallest absolute Gasteiger partial charge is 0.305 e. The summed E-state index contributed by atoms with van der Waals surface area (Å²) in [4.78, 5) is 12.6. The number of phenols is 2. The van der Waals surface area contributed by atoms with Crippen LogP contribution in [0.4, 0.5) is 0 Å². The Hall–Kier alpha value is -1.79. The number of benzene rings is 1. The summed E-state index contributed by atoms with van der Waals surface area (Å²) >= 11 is 0. The van der Waals surface area contributed by atoms with E-state index in [9.17, 15) is 15.0 Å². The van der Waals surface area contributed by atoms with Crippen LogP contribution in [-0.4, -0.2) is 52.0 Å². The van der Waals surface area contributed by atoms with Crippen LogP contribution in [0, 0.1) is 0 Å². The van der Waals surface area contributed by atoms with Gasteiger partial charge in [0.15, 0.2) is 0 Å². The lowest BCUT2D eigenvalue weighted by atomic mass is 10.1. The highest BCUT2D eigenvalue weighted by Crippen LogP contribution is 2.25. The number of likely N-dealkylation sites (tertiary alicyclic amines) is 1. The van der Waals surface area contributed by atoms with Crippen LogP contribution in [0.1, 0.15) is 24.8 Å². The fraction of sp³-hybridized carbons (Fsp3) is 0.533. The standard InChI is InChI=1S/C15H21NO5/c17-12-2-1-11(14(18)9-12)10-16-6-3-13(4-7-16)21-8-5-15(19)20/h1-2,9,13,17-18H,3-8,10H2,(H,19,20). The number of nitrogens with zero attached hydrogens (tertiary/aromatic N) is 1. The van der Waals surface area contributed by atoms with E-state index in [4.69, 9.17) is 9.84 Å². The number of hydrogen-bond acceptors (Lipinski definition) is 5. The molecule has 0 spiro atoms. The summed E-state index contributed by atoms with van der Waals surface area (Å²) in [5.41, 5.74) is 0.790. The SMILES string of the molecule is O=C(O)CCOC1CCN(Cc2ccc(O)cc2O)CC1. The van der Waals surface area contributed by atoms with Crippen molar-refractivity contribution in [2.24, 2.45) is 0 Å². The summed E-state index contributed by atoms with van der Waals surface area (Å²) < 4.78 is 5.54. The Kier molecular flexibility index (Phi) is 5.41. The Bertz CT molecular complexity index is 483. The molecule has 0 amide bonds. The summed E-state index contributed by atoms with van der Waals surface area (Å²) in [6, 6.07) is 4.63. The molecule has 1 aromatic carbocycles. The zero-order valence-electron chi connectivity index (χ0n) is 11.9. The largest absolute Gasteiger partial charge is 0.508 e. The van der Waals surface area contributed by atoms with Crippen LogP contribution in [0.3, 0.4) is 0 Å². The molecule has 0 saturated carbocycles. The molecule has 0 aliphatic carbocycles. The van der Waals surface area contributed by atoms with Gasteiger partial charge in [0.05, 0.1) is 19.1 Å². The first-order valence-corrected chi connectivity index (χ1v) is 7.11. The van der Waals surface area contributed by atoms with Gasteiger partial charge in [0.25, 0.3) is 0 Å². The van der Waals surface area contributed by atoms with E-state index in [-0.39, 0.29) is 30.6 Å². The van der Waals surface area contributed by atoms with Gasteiger partial charge in [-0.2, -0.15) is 0 Å². The van der Waals surface area contributed by atoms with E-state index in [0.717, 1.165) is 31.5 Å². The minimum atomic E-state index is -0.838. The average Bonchev–Trinajstić information content (AvgIpc) is 2.43. The second-order valence-corrected chi connectivity index (χ2v) is 5.30. The number of phenolic OH excluding ortho intramolecular Hbond substituents is 2. The molecule has 1 fully saturated rings. The van der Waals surface area contributed by atoms with Crippen molar-refractivity contribution in [1.82, 2.24) is 4.90 Å². The Labute approximate surface area is 123 Å². The van der Waals surface area contributed by atoms with Crippen LogP contribution in [-0.2, 0) is 16.1 Å². The number of piperidine rings is 1. The zero-order chi connectivity index (χ0) is 15.2. The Balaban J connectivity index is 1.75. The molecular formula is C15H21NO5. The maximum absolute atomic E-state index is 10.4. The maximum Gasteiger partial charge on any atom is 0.305 e. The Morgan fingerprint density at radius 2 is 2.00 bits per heavy atom. The van der Waals surface area contributed by atoms with Crippen LogP contribution in [0.15, 0.2) is 18.2 Å². The highest BCUT2D eigenvalue weighted by atomic mass is 16.5. The van der Waals surface area contributed by atoms with E-state index in [1.54, 1.807) is 12.1 Å². The van der Waals surface area contributed by atoms with Crippen molar-refractivity contribution >= 4 is 5.97 Å². The number of carboxylic acids is 1. The summed E-state index contributed by atoms with van der Waals surface area (Å²) in [6.45, 7) is 2.59. The van der Waals surface area contributed by atoms with Gasteiger partial charge in [0, 0.05) is 31.3 Å². The third-order valence-corrected chi connectivity index (χ3v) is 3.67. The minimum absolute atomic E-state index is 0.0432. The first-order chi connectivity index (χ1) is 10.0. The van der Waals surface area contributed by atoms with E-state index in [2.05, 4.69) is 4.90 Å². The third kappa shape index (κ3) is 4.91. The van der Waals surface area contributed by atoms with Gasteiger partial charge >= 0.3 is 5.97 Å². The van der Waals surface area contributed by atoms with Crippen molar-refractivity contribution < 1.29 is 24.9 Å². The van der Waals surface area contributed by atoms with Crippen molar-refractivity contribution in [1.29, 1.82) is 0 Å². The molecule has 0 unspecified atom stereocenters. The second kappa shape index (κ2) is 7.28. The van der Waals surface area contributed by atoms with Gasteiger partial charge in [-0.1, -0.05) is 6.07 Å². The first kappa shape index (κ1) is 15.6.